The smallest absolute Gasteiger partial charge is 0.258 e. The summed E-state index contributed by atoms with van der Waals surface area (Å²) in [7, 11) is 0. The van der Waals surface area contributed by atoms with Crippen LogP contribution in [0.5, 0.6) is 5.88 Å². The van der Waals surface area contributed by atoms with E-state index in [1.165, 1.54) is 13.1 Å². The highest BCUT2D eigenvalue weighted by Gasteiger charge is 2.13. The van der Waals surface area contributed by atoms with Gasteiger partial charge in [0, 0.05) is 35.8 Å². The van der Waals surface area contributed by atoms with E-state index in [4.69, 9.17) is 4.84 Å². The van der Waals surface area contributed by atoms with Crippen LogP contribution in [0.4, 0.5) is 10.2 Å². The number of pyridine rings is 3. The van der Waals surface area contributed by atoms with E-state index in [0.717, 1.165) is 6.20 Å². The number of rotatable bonds is 5. The molecular formula is C19H16FN5O2. The number of nitrogens with zero attached hydrogens (tertiary/aromatic N) is 4. The van der Waals surface area contributed by atoms with Crippen molar-refractivity contribution < 1.29 is 14.0 Å². The Labute approximate surface area is 155 Å². The van der Waals surface area contributed by atoms with Crippen LogP contribution in [0.1, 0.15) is 28.4 Å². The van der Waals surface area contributed by atoms with Crippen LogP contribution in [0.25, 0.3) is 0 Å². The number of carbonyl (C=O) groups is 1. The molecule has 0 aliphatic rings. The van der Waals surface area contributed by atoms with Crippen molar-refractivity contribution in [1.82, 2.24) is 15.0 Å². The van der Waals surface area contributed by atoms with Gasteiger partial charge in [-0.15, -0.1) is 0 Å². The van der Waals surface area contributed by atoms with Crippen molar-refractivity contribution in [3.05, 3.63) is 77.6 Å². The number of anilines is 1. The minimum atomic E-state index is -0.536. The van der Waals surface area contributed by atoms with Crippen LogP contribution < -0.4 is 10.2 Å². The topological polar surface area (TPSA) is 89.4 Å². The fraction of sp³-hybridized carbons (Fsp3) is 0.105. The molecule has 0 saturated heterocycles. The summed E-state index contributed by atoms with van der Waals surface area (Å²) in [5.74, 6) is -0.312. The maximum atomic E-state index is 13.5. The number of hydrogen-bond donors (Lipinski definition) is 1. The first-order valence-electron chi connectivity index (χ1n) is 8.05. The van der Waals surface area contributed by atoms with Crippen LogP contribution in [0, 0.1) is 12.7 Å². The van der Waals surface area contributed by atoms with Crippen molar-refractivity contribution in [2.45, 2.75) is 13.8 Å². The molecule has 0 radical (unpaired) electrons. The molecule has 7 nitrogen and oxygen atoms in total. The lowest BCUT2D eigenvalue weighted by Gasteiger charge is -2.08. The Hall–Kier alpha value is -3.68. The molecular weight excluding hydrogens is 349 g/mol. The van der Waals surface area contributed by atoms with Crippen molar-refractivity contribution in [1.29, 1.82) is 0 Å². The first-order valence-corrected chi connectivity index (χ1v) is 8.05. The zero-order valence-corrected chi connectivity index (χ0v) is 14.7. The van der Waals surface area contributed by atoms with Crippen LogP contribution >= 0.6 is 0 Å². The number of halogens is 1. The van der Waals surface area contributed by atoms with E-state index < -0.39 is 11.7 Å². The molecule has 0 bridgehead atoms. The maximum Gasteiger partial charge on any atom is 0.258 e. The molecule has 0 spiro atoms. The third kappa shape index (κ3) is 4.49. The number of amides is 1. The first kappa shape index (κ1) is 18.1. The first-order chi connectivity index (χ1) is 13.0. The summed E-state index contributed by atoms with van der Waals surface area (Å²) >= 11 is 0. The molecule has 0 saturated carbocycles. The Morgan fingerprint density at radius 3 is 2.70 bits per heavy atom. The van der Waals surface area contributed by atoms with Gasteiger partial charge in [0.05, 0.1) is 17.5 Å². The number of aromatic nitrogens is 3. The molecule has 1 amide bonds. The van der Waals surface area contributed by atoms with Gasteiger partial charge in [0.2, 0.25) is 5.88 Å². The number of nitrogens with one attached hydrogen (secondary N) is 1. The van der Waals surface area contributed by atoms with E-state index in [1.54, 1.807) is 49.6 Å². The van der Waals surface area contributed by atoms with E-state index in [-0.39, 0.29) is 11.1 Å². The summed E-state index contributed by atoms with van der Waals surface area (Å²) in [6.45, 7) is 3.28. The van der Waals surface area contributed by atoms with Gasteiger partial charge in [-0.3, -0.25) is 9.78 Å². The van der Waals surface area contributed by atoms with Gasteiger partial charge in [0.1, 0.15) is 11.6 Å². The van der Waals surface area contributed by atoms with Crippen LogP contribution in [0.3, 0.4) is 0 Å². The van der Waals surface area contributed by atoms with Crippen molar-refractivity contribution in [2.24, 2.45) is 5.16 Å². The summed E-state index contributed by atoms with van der Waals surface area (Å²) in [5, 5.41) is 6.61. The Morgan fingerprint density at radius 1 is 1.15 bits per heavy atom. The second-order valence-electron chi connectivity index (χ2n) is 5.62. The largest absolute Gasteiger partial charge is 0.336 e. The van der Waals surface area contributed by atoms with Crippen LogP contribution in [-0.2, 0) is 0 Å². The van der Waals surface area contributed by atoms with E-state index in [9.17, 15) is 9.18 Å². The molecule has 0 fully saturated rings. The highest BCUT2D eigenvalue weighted by atomic mass is 19.1. The Bertz CT molecular complexity index is 975. The fourth-order valence-corrected chi connectivity index (χ4v) is 2.16. The van der Waals surface area contributed by atoms with Gasteiger partial charge in [0.15, 0.2) is 0 Å². The van der Waals surface area contributed by atoms with Crippen molar-refractivity contribution in [2.75, 3.05) is 5.32 Å². The Balaban J connectivity index is 1.68. The molecule has 3 rings (SSSR count). The Morgan fingerprint density at radius 2 is 2.00 bits per heavy atom. The third-order valence-electron chi connectivity index (χ3n) is 3.74. The second-order valence-corrected chi connectivity index (χ2v) is 5.62. The highest BCUT2D eigenvalue weighted by molar-refractivity contribution is 6.05. The van der Waals surface area contributed by atoms with Gasteiger partial charge in [-0.05, 0) is 32.0 Å². The van der Waals surface area contributed by atoms with Gasteiger partial charge in [-0.1, -0.05) is 11.2 Å². The summed E-state index contributed by atoms with van der Waals surface area (Å²) in [6.07, 6.45) is 5.53. The predicted molar refractivity (Wildman–Crippen MR) is 98.2 cm³/mol. The molecule has 0 aromatic carbocycles. The van der Waals surface area contributed by atoms with E-state index in [1.807, 2.05) is 0 Å². The molecule has 0 aliphatic heterocycles. The van der Waals surface area contributed by atoms with Crippen molar-refractivity contribution >= 4 is 17.4 Å². The van der Waals surface area contributed by atoms with Crippen LogP contribution in [-0.4, -0.2) is 26.6 Å². The second kappa shape index (κ2) is 8.13. The van der Waals surface area contributed by atoms with Gasteiger partial charge in [0.25, 0.3) is 5.91 Å². The average Bonchev–Trinajstić information content (AvgIpc) is 2.69. The molecule has 136 valence electrons. The zero-order valence-electron chi connectivity index (χ0n) is 14.7. The van der Waals surface area contributed by atoms with Gasteiger partial charge in [-0.2, -0.15) is 0 Å². The standard InChI is InChI=1S/C19H16FN5O2/c1-12-15(10-21-11-16(12)20)19(26)24-17-7-6-14(9-23-17)13(2)25-27-18-5-3-4-8-22-18/h3-11H,1-2H3,(H,23,24,26). The molecule has 1 N–H and O–H groups in total. The third-order valence-corrected chi connectivity index (χ3v) is 3.74. The lowest BCUT2D eigenvalue weighted by Crippen LogP contribution is -2.15. The summed E-state index contributed by atoms with van der Waals surface area (Å²) < 4.78 is 13.5. The highest BCUT2D eigenvalue weighted by Crippen LogP contribution is 2.13. The van der Waals surface area contributed by atoms with Gasteiger partial charge in [-0.25, -0.2) is 14.4 Å². The predicted octanol–water partition coefficient (Wildman–Crippen LogP) is 3.37. The molecule has 3 aromatic heterocycles. The van der Waals surface area contributed by atoms with Crippen molar-refractivity contribution in [3.8, 4) is 5.88 Å². The average molecular weight is 365 g/mol. The number of carbonyl (C=O) groups excluding carboxylic acids is 1. The molecule has 3 aromatic rings. The molecule has 27 heavy (non-hydrogen) atoms. The van der Waals surface area contributed by atoms with Crippen molar-refractivity contribution in [3.63, 3.8) is 0 Å². The van der Waals surface area contributed by atoms with Gasteiger partial charge < -0.3 is 10.2 Å². The minimum absolute atomic E-state index is 0.155. The van der Waals surface area contributed by atoms with Crippen LogP contribution in [0.2, 0.25) is 0 Å². The molecule has 0 atom stereocenters. The van der Waals surface area contributed by atoms with Crippen LogP contribution in [0.15, 0.2) is 60.3 Å². The molecule has 8 heteroatoms. The molecule has 0 unspecified atom stereocenters. The lowest BCUT2D eigenvalue weighted by atomic mass is 10.1. The van der Waals surface area contributed by atoms with Gasteiger partial charge >= 0.3 is 0 Å². The normalized spacial score (nSPS) is 11.1. The van der Waals surface area contributed by atoms with E-state index >= 15 is 0 Å². The van der Waals surface area contributed by atoms with E-state index in [0.29, 0.717) is 23.0 Å². The zero-order chi connectivity index (χ0) is 19.2. The summed E-state index contributed by atoms with van der Waals surface area (Å²) in [6, 6.07) is 8.62. The fourth-order valence-electron chi connectivity index (χ4n) is 2.16. The maximum absolute atomic E-state index is 13.5. The summed E-state index contributed by atoms with van der Waals surface area (Å²) in [5.41, 5.74) is 1.69. The number of oxime groups is 1. The quantitative estimate of drug-likeness (QED) is 0.553. The van der Waals surface area contributed by atoms with E-state index in [2.05, 4.69) is 25.4 Å². The monoisotopic (exact) mass is 365 g/mol. The SMILES string of the molecule is CC(=NOc1ccccn1)c1ccc(NC(=O)c2cncc(F)c2C)nc1. The molecule has 3 heterocycles. The lowest BCUT2D eigenvalue weighted by molar-refractivity contribution is 0.102. The Kier molecular flexibility index (Phi) is 5.46. The minimum Gasteiger partial charge on any atom is -0.336 e. The summed E-state index contributed by atoms with van der Waals surface area (Å²) in [4.78, 5) is 29.4. The number of hydrogen-bond acceptors (Lipinski definition) is 6. The molecule has 0 aliphatic carbocycles.